The molecule has 3 heterocycles. The van der Waals surface area contributed by atoms with E-state index in [0.29, 0.717) is 35.3 Å². The molecule has 3 aromatic rings. The average Bonchev–Trinajstić information content (AvgIpc) is 2.96. The largest absolute Gasteiger partial charge is 0.294 e. The molecule has 6 nitrogen and oxygen atoms in total. The lowest BCUT2D eigenvalue weighted by Gasteiger charge is -2.18. The van der Waals surface area contributed by atoms with E-state index in [1.807, 2.05) is 6.92 Å². The third kappa shape index (κ3) is 1.67. The monoisotopic (exact) mass is 294 g/mol. The van der Waals surface area contributed by atoms with Crippen molar-refractivity contribution < 1.29 is 4.79 Å². The van der Waals surface area contributed by atoms with E-state index in [9.17, 15) is 9.59 Å². The van der Waals surface area contributed by atoms with Gasteiger partial charge in [-0.05, 0) is 31.5 Å². The molecule has 0 atom stereocenters. The lowest BCUT2D eigenvalue weighted by atomic mass is 10.0. The molecule has 2 aromatic heterocycles. The first-order valence-electron chi connectivity index (χ1n) is 7.15. The van der Waals surface area contributed by atoms with Gasteiger partial charge >= 0.3 is 0 Å². The van der Waals surface area contributed by atoms with Crippen LogP contribution < -0.4 is 5.56 Å². The Kier molecular flexibility index (Phi) is 2.57. The van der Waals surface area contributed by atoms with Crippen LogP contribution in [0, 0.1) is 6.92 Å². The van der Waals surface area contributed by atoms with Crippen LogP contribution in [0.1, 0.15) is 28.5 Å². The Bertz CT molecular complexity index is 997. The fourth-order valence-electron chi connectivity index (χ4n) is 3.07. The third-order valence-corrected chi connectivity index (χ3v) is 4.11. The molecule has 0 aliphatic carbocycles. The van der Waals surface area contributed by atoms with E-state index in [2.05, 4.69) is 15.2 Å². The number of aromatic amines is 1. The SMILES string of the molecule is CC(=O)c1cc(C)cc2c(=O)n3c(nc12)-c1c[nH]nc1CC3. The third-order valence-electron chi connectivity index (χ3n) is 4.11. The first kappa shape index (κ1) is 12.9. The molecule has 1 N–H and O–H groups in total. The molecule has 0 amide bonds. The fourth-order valence-corrected chi connectivity index (χ4v) is 3.07. The molecule has 110 valence electrons. The number of carbonyl (C=O) groups excluding carboxylic acids is 1. The molecule has 1 aliphatic heterocycles. The van der Waals surface area contributed by atoms with E-state index in [4.69, 9.17) is 0 Å². The number of ketones is 1. The molecule has 1 aliphatic rings. The Balaban J connectivity index is 2.17. The Labute approximate surface area is 125 Å². The van der Waals surface area contributed by atoms with E-state index in [0.717, 1.165) is 16.8 Å². The Morgan fingerprint density at radius 2 is 2.18 bits per heavy atom. The van der Waals surface area contributed by atoms with Crippen molar-refractivity contribution in [2.75, 3.05) is 0 Å². The highest BCUT2D eigenvalue weighted by Crippen LogP contribution is 2.27. The summed E-state index contributed by atoms with van der Waals surface area (Å²) in [6, 6.07) is 3.59. The van der Waals surface area contributed by atoms with Crippen molar-refractivity contribution in [3.05, 3.63) is 45.5 Å². The van der Waals surface area contributed by atoms with Crippen molar-refractivity contribution in [3.8, 4) is 11.4 Å². The zero-order valence-corrected chi connectivity index (χ0v) is 12.3. The smallest absolute Gasteiger partial charge is 0.261 e. The summed E-state index contributed by atoms with van der Waals surface area (Å²) >= 11 is 0. The maximum Gasteiger partial charge on any atom is 0.261 e. The molecule has 1 aromatic carbocycles. The second-order valence-electron chi connectivity index (χ2n) is 5.65. The molecule has 0 bridgehead atoms. The standard InChI is InChI=1S/C16H14N4O2/c1-8-5-10(9(2)21)14-11(6-8)16(22)20-4-3-13-12(7-17-19-13)15(20)18-14/h5-7H,3-4H2,1-2H3,(H,17,19). The minimum Gasteiger partial charge on any atom is -0.294 e. The molecule has 22 heavy (non-hydrogen) atoms. The molecule has 0 saturated heterocycles. The van der Waals surface area contributed by atoms with Crippen LogP contribution in [-0.2, 0) is 13.0 Å². The first-order valence-corrected chi connectivity index (χ1v) is 7.15. The van der Waals surface area contributed by atoms with Crippen LogP contribution in [0.3, 0.4) is 0 Å². The molecular formula is C16H14N4O2. The van der Waals surface area contributed by atoms with E-state index < -0.39 is 0 Å². The number of H-pyrrole nitrogens is 1. The highest BCUT2D eigenvalue weighted by Gasteiger charge is 2.23. The highest BCUT2D eigenvalue weighted by atomic mass is 16.1. The van der Waals surface area contributed by atoms with Crippen LogP contribution in [0.15, 0.2) is 23.1 Å². The predicted molar refractivity (Wildman–Crippen MR) is 82.0 cm³/mol. The number of aromatic nitrogens is 4. The Morgan fingerprint density at radius 1 is 1.36 bits per heavy atom. The van der Waals surface area contributed by atoms with Gasteiger partial charge in [0.15, 0.2) is 5.78 Å². The number of benzene rings is 1. The van der Waals surface area contributed by atoms with Crippen LogP contribution >= 0.6 is 0 Å². The summed E-state index contributed by atoms with van der Waals surface area (Å²) in [7, 11) is 0. The van der Waals surface area contributed by atoms with Gasteiger partial charge < -0.3 is 0 Å². The second kappa shape index (κ2) is 4.37. The first-order chi connectivity index (χ1) is 10.6. The van der Waals surface area contributed by atoms with Crippen LogP contribution in [0.4, 0.5) is 0 Å². The van der Waals surface area contributed by atoms with Crippen LogP contribution in [-0.4, -0.2) is 25.5 Å². The summed E-state index contributed by atoms with van der Waals surface area (Å²) in [4.78, 5) is 29.4. The van der Waals surface area contributed by atoms with Gasteiger partial charge in [0.1, 0.15) is 5.82 Å². The minimum absolute atomic E-state index is 0.0891. The van der Waals surface area contributed by atoms with Crippen LogP contribution in [0.25, 0.3) is 22.3 Å². The molecule has 0 spiro atoms. The Morgan fingerprint density at radius 3 is 2.95 bits per heavy atom. The number of hydrogen-bond donors (Lipinski definition) is 1. The summed E-state index contributed by atoms with van der Waals surface area (Å²) < 4.78 is 1.67. The molecule has 6 heteroatoms. The van der Waals surface area contributed by atoms with Crippen molar-refractivity contribution in [3.63, 3.8) is 0 Å². The number of nitrogens with one attached hydrogen (secondary N) is 1. The molecule has 0 radical (unpaired) electrons. The summed E-state index contributed by atoms with van der Waals surface area (Å²) in [5.41, 5.74) is 3.49. The van der Waals surface area contributed by atoms with Crippen molar-refractivity contribution in [1.29, 1.82) is 0 Å². The number of aryl methyl sites for hydroxylation is 2. The Hall–Kier alpha value is -2.76. The molecule has 4 rings (SSSR count). The van der Waals surface area contributed by atoms with Gasteiger partial charge in [-0.1, -0.05) is 0 Å². The van der Waals surface area contributed by atoms with Crippen molar-refractivity contribution in [1.82, 2.24) is 19.7 Å². The summed E-state index contributed by atoms with van der Waals surface area (Å²) in [6.07, 6.45) is 2.45. The van der Waals surface area contributed by atoms with Gasteiger partial charge in [-0.25, -0.2) is 4.98 Å². The normalized spacial score (nSPS) is 13.0. The van der Waals surface area contributed by atoms with Gasteiger partial charge in [0.05, 0.1) is 22.2 Å². The van der Waals surface area contributed by atoms with Gasteiger partial charge in [0.25, 0.3) is 5.56 Å². The minimum atomic E-state index is -0.0990. The van der Waals surface area contributed by atoms with E-state index in [1.54, 1.807) is 22.9 Å². The van der Waals surface area contributed by atoms with E-state index in [-0.39, 0.29) is 11.3 Å². The van der Waals surface area contributed by atoms with E-state index >= 15 is 0 Å². The van der Waals surface area contributed by atoms with Gasteiger partial charge in [0, 0.05) is 24.7 Å². The van der Waals surface area contributed by atoms with E-state index in [1.165, 1.54) is 6.92 Å². The van der Waals surface area contributed by atoms with Gasteiger partial charge in [0.2, 0.25) is 0 Å². The van der Waals surface area contributed by atoms with Crippen molar-refractivity contribution in [2.24, 2.45) is 0 Å². The van der Waals surface area contributed by atoms with Crippen molar-refractivity contribution in [2.45, 2.75) is 26.8 Å². The number of fused-ring (bicyclic) bond motifs is 4. The topological polar surface area (TPSA) is 80.6 Å². The maximum absolute atomic E-state index is 12.8. The highest BCUT2D eigenvalue weighted by molar-refractivity contribution is 6.06. The van der Waals surface area contributed by atoms with Crippen LogP contribution in [0.2, 0.25) is 0 Å². The van der Waals surface area contributed by atoms with Gasteiger partial charge in [-0.3, -0.25) is 19.3 Å². The molecule has 0 saturated carbocycles. The molecular weight excluding hydrogens is 280 g/mol. The number of nitrogens with zero attached hydrogens (tertiary/aromatic N) is 3. The number of carbonyl (C=O) groups is 1. The molecule has 0 fully saturated rings. The summed E-state index contributed by atoms with van der Waals surface area (Å²) in [5, 5.41) is 7.51. The zero-order chi connectivity index (χ0) is 15.4. The summed E-state index contributed by atoms with van der Waals surface area (Å²) in [5.74, 6) is 0.493. The van der Waals surface area contributed by atoms with Gasteiger partial charge in [-0.15, -0.1) is 0 Å². The lowest BCUT2D eigenvalue weighted by Crippen LogP contribution is -2.27. The van der Waals surface area contributed by atoms with Crippen molar-refractivity contribution >= 4 is 16.7 Å². The number of rotatable bonds is 1. The number of Topliss-reactive ketones (excluding diaryl/α,β-unsaturated/α-hetero) is 1. The predicted octanol–water partition coefficient (Wildman–Crippen LogP) is 1.85. The average molecular weight is 294 g/mol. The number of hydrogen-bond acceptors (Lipinski definition) is 4. The molecule has 0 unspecified atom stereocenters. The maximum atomic E-state index is 12.8. The summed E-state index contributed by atoms with van der Waals surface area (Å²) in [6.45, 7) is 3.93. The quantitative estimate of drug-likeness (QED) is 0.695. The van der Waals surface area contributed by atoms with Crippen LogP contribution in [0.5, 0.6) is 0 Å². The van der Waals surface area contributed by atoms with Gasteiger partial charge in [-0.2, -0.15) is 5.10 Å². The zero-order valence-electron chi connectivity index (χ0n) is 12.3. The fraction of sp³-hybridized carbons (Fsp3) is 0.250. The lowest BCUT2D eigenvalue weighted by molar-refractivity contribution is 0.101. The second-order valence-corrected chi connectivity index (χ2v) is 5.65.